The SMILES string of the molecule is CCOC(=O)c1c(-c2ccc(C)c(C)c2)nc2ccc3ccccc3c2c1C(=O)OCC. The highest BCUT2D eigenvalue weighted by Crippen LogP contribution is 2.36. The van der Waals surface area contributed by atoms with Crippen LogP contribution >= 0.6 is 0 Å². The number of fused-ring (bicyclic) bond motifs is 3. The normalized spacial score (nSPS) is 11.0. The molecule has 5 heteroatoms. The molecule has 1 aromatic heterocycles. The molecule has 0 aliphatic rings. The van der Waals surface area contributed by atoms with Gasteiger partial charge >= 0.3 is 11.9 Å². The van der Waals surface area contributed by atoms with Crippen molar-refractivity contribution in [2.45, 2.75) is 27.7 Å². The number of aryl methyl sites for hydroxylation is 2. The highest BCUT2D eigenvalue weighted by atomic mass is 16.5. The maximum atomic E-state index is 13.3. The summed E-state index contributed by atoms with van der Waals surface area (Å²) in [5.74, 6) is -1.16. The number of benzene rings is 3. The zero-order chi connectivity index (χ0) is 22.8. The Labute approximate surface area is 187 Å². The minimum atomic E-state index is -0.592. The van der Waals surface area contributed by atoms with E-state index in [9.17, 15) is 9.59 Å². The molecule has 3 aromatic carbocycles. The Kier molecular flexibility index (Phi) is 5.91. The first kappa shape index (κ1) is 21.5. The highest BCUT2D eigenvalue weighted by molar-refractivity contribution is 6.21. The summed E-state index contributed by atoms with van der Waals surface area (Å²) in [4.78, 5) is 31.4. The number of nitrogens with zero attached hydrogens (tertiary/aromatic N) is 1. The predicted molar refractivity (Wildman–Crippen MR) is 126 cm³/mol. The summed E-state index contributed by atoms with van der Waals surface area (Å²) < 4.78 is 10.8. The van der Waals surface area contributed by atoms with Gasteiger partial charge in [0, 0.05) is 10.9 Å². The topological polar surface area (TPSA) is 65.5 Å². The molecule has 0 atom stereocenters. The van der Waals surface area contributed by atoms with Crippen molar-refractivity contribution in [2.75, 3.05) is 13.2 Å². The predicted octanol–water partition coefficient (Wildman–Crippen LogP) is 6.03. The van der Waals surface area contributed by atoms with Gasteiger partial charge in [-0.1, -0.05) is 42.5 Å². The van der Waals surface area contributed by atoms with Crippen LogP contribution in [-0.2, 0) is 9.47 Å². The molecule has 162 valence electrons. The second kappa shape index (κ2) is 8.79. The molecule has 0 aliphatic heterocycles. The zero-order valence-electron chi connectivity index (χ0n) is 18.7. The fourth-order valence-electron chi connectivity index (χ4n) is 3.94. The smallest absolute Gasteiger partial charge is 0.341 e. The fraction of sp³-hybridized carbons (Fsp3) is 0.222. The molecule has 0 saturated carbocycles. The molecule has 5 nitrogen and oxygen atoms in total. The molecule has 0 fully saturated rings. The highest BCUT2D eigenvalue weighted by Gasteiger charge is 2.29. The molecule has 0 amide bonds. The lowest BCUT2D eigenvalue weighted by atomic mass is 9.92. The maximum Gasteiger partial charge on any atom is 0.341 e. The van der Waals surface area contributed by atoms with Gasteiger partial charge in [-0.15, -0.1) is 0 Å². The largest absolute Gasteiger partial charge is 0.462 e. The van der Waals surface area contributed by atoms with Gasteiger partial charge in [0.05, 0.1) is 30.0 Å². The van der Waals surface area contributed by atoms with E-state index in [1.54, 1.807) is 13.8 Å². The molecule has 4 aromatic rings. The van der Waals surface area contributed by atoms with E-state index >= 15 is 0 Å². The molecule has 0 spiro atoms. The summed E-state index contributed by atoms with van der Waals surface area (Å²) in [5.41, 5.74) is 4.30. The number of carbonyl (C=O) groups excluding carboxylic acids is 2. The minimum Gasteiger partial charge on any atom is -0.462 e. The van der Waals surface area contributed by atoms with Crippen molar-refractivity contribution >= 4 is 33.6 Å². The van der Waals surface area contributed by atoms with Crippen LogP contribution in [0, 0.1) is 13.8 Å². The van der Waals surface area contributed by atoms with E-state index in [4.69, 9.17) is 14.5 Å². The van der Waals surface area contributed by atoms with E-state index in [2.05, 4.69) is 0 Å². The number of ether oxygens (including phenoxy) is 2. The third-order valence-corrected chi connectivity index (χ3v) is 5.62. The van der Waals surface area contributed by atoms with Crippen molar-refractivity contribution in [3.8, 4) is 11.3 Å². The van der Waals surface area contributed by atoms with Crippen LogP contribution in [0.25, 0.3) is 32.9 Å². The monoisotopic (exact) mass is 427 g/mol. The van der Waals surface area contributed by atoms with Crippen LogP contribution in [0.2, 0.25) is 0 Å². The molecule has 1 heterocycles. The molecule has 0 N–H and O–H groups in total. The van der Waals surface area contributed by atoms with Crippen molar-refractivity contribution in [3.05, 3.63) is 76.9 Å². The summed E-state index contributed by atoms with van der Waals surface area (Å²) in [6.45, 7) is 7.88. The lowest BCUT2D eigenvalue weighted by molar-refractivity contribution is 0.0481. The van der Waals surface area contributed by atoms with Crippen LogP contribution in [-0.4, -0.2) is 30.1 Å². The first-order valence-corrected chi connectivity index (χ1v) is 10.7. The first-order chi connectivity index (χ1) is 15.5. The van der Waals surface area contributed by atoms with Crippen molar-refractivity contribution in [1.29, 1.82) is 0 Å². The fourth-order valence-corrected chi connectivity index (χ4v) is 3.94. The Morgan fingerprint density at radius 2 is 1.50 bits per heavy atom. The minimum absolute atomic E-state index is 0.136. The van der Waals surface area contributed by atoms with E-state index in [0.717, 1.165) is 27.5 Å². The van der Waals surface area contributed by atoms with Crippen molar-refractivity contribution in [2.24, 2.45) is 0 Å². The van der Waals surface area contributed by atoms with Crippen LogP contribution in [0.5, 0.6) is 0 Å². The quantitative estimate of drug-likeness (QED) is 0.288. The molecular formula is C27H25NO4. The van der Waals surface area contributed by atoms with Crippen LogP contribution in [0.1, 0.15) is 45.7 Å². The first-order valence-electron chi connectivity index (χ1n) is 10.7. The molecule has 0 bridgehead atoms. The van der Waals surface area contributed by atoms with Gasteiger partial charge in [-0.05, 0) is 61.7 Å². The summed E-state index contributed by atoms with van der Waals surface area (Å²) in [5, 5.41) is 2.37. The Morgan fingerprint density at radius 3 is 2.19 bits per heavy atom. The van der Waals surface area contributed by atoms with Gasteiger partial charge in [0.25, 0.3) is 0 Å². The van der Waals surface area contributed by atoms with Crippen LogP contribution in [0.4, 0.5) is 0 Å². The number of hydrogen-bond acceptors (Lipinski definition) is 5. The summed E-state index contributed by atoms with van der Waals surface area (Å²) in [7, 11) is 0. The number of aromatic nitrogens is 1. The third kappa shape index (κ3) is 3.71. The number of hydrogen-bond donors (Lipinski definition) is 0. The molecule has 32 heavy (non-hydrogen) atoms. The van der Waals surface area contributed by atoms with Gasteiger partial charge in [0.1, 0.15) is 5.56 Å². The second-order valence-corrected chi connectivity index (χ2v) is 7.63. The Hall–Kier alpha value is -3.73. The van der Waals surface area contributed by atoms with Crippen LogP contribution in [0.3, 0.4) is 0 Å². The lowest BCUT2D eigenvalue weighted by Gasteiger charge is -2.17. The Morgan fingerprint density at radius 1 is 0.812 bits per heavy atom. The van der Waals surface area contributed by atoms with Crippen molar-refractivity contribution in [3.63, 3.8) is 0 Å². The average Bonchev–Trinajstić information content (AvgIpc) is 2.79. The maximum absolute atomic E-state index is 13.3. The Balaban J connectivity index is 2.19. The van der Waals surface area contributed by atoms with E-state index in [-0.39, 0.29) is 24.3 Å². The van der Waals surface area contributed by atoms with Gasteiger partial charge < -0.3 is 9.47 Å². The van der Waals surface area contributed by atoms with Crippen LogP contribution in [0.15, 0.2) is 54.6 Å². The van der Waals surface area contributed by atoms with Crippen molar-refractivity contribution in [1.82, 2.24) is 4.98 Å². The number of pyridine rings is 1. The zero-order valence-corrected chi connectivity index (χ0v) is 18.7. The summed E-state index contributed by atoms with van der Waals surface area (Å²) >= 11 is 0. The lowest BCUT2D eigenvalue weighted by Crippen LogP contribution is -2.17. The molecule has 4 rings (SSSR count). The van der Waals surface area contributed by atoms with E-state index in [0.29, 0.717) is 16.6 Å². The molecule has 0 radical (unpaired) electrons. The van der Waals surface area contributed by atoms with Crippen molar-refractivity contribution < 1.29 is 19.1 Å². The van der Waals surface area contributed by atoms with E-state index in [1.165, 1.54) is 0 Å². The third-order valence-electron chi connectivity index (χ3n) is 5.62. The number of esters is 2. The standard InChI is InChI=1S/C27H25NO4/c1-5-31-26(29)23-22-20-10-8-7-9-18(20)13-14-21(22)28-25(24(23)27(30)32-6-2)19-12-11-16(3)17(4)15-19/h7-15H,5-6H2,1-4H3. The molecular weight excluding hydrogens is 402 g/mol. The van der Waals surface area contributed by atoms with Crippen LogP contribution < -0.4 is 0 Å². The average molecular weight is 428 g/mol. The number of rotatable bonds is 5. The van der Waals surface area contributed by atoms with Gasteiger partial charge in [0.15, 0.2) is 0 Å². The van der Waals surface area contributed by atoms with E-state index < -0.39 is 11.9 Å². The second-order valence-electron chi connectivity index (χ2n) is 7.63. The molecule has 0 unspecified atom stereocenters. The van der Waals surface area contributed by atoms with E-state index in [1.807, 2.05) is 68.4 Å². The molecule has 0 saturated heterocycles. The summed E-state index contributed by atoms with van der Waals surface area (Å²) in [6, 6.07) is 17.4. The van der Waals surface area contributed by atoms with Gasteiger partial charge in [0.2, 0.25) is 0 Å². The molecule has 0 aliphatic carbocycles. The van der Waals surface area contributed by atoms with Gasteiger partial charge in [-0.3, -0.25) is 0 Å². The van der Waals surface area contributed by atoms with Gasteiger partial charge in [-0.25, -0.2) is 14.6 Å². The van der Waals surface area contributed by atoms with Gasteiger partial charge in [-0.2, -0.15) is 0 Å². The number of carbonyl (C=O) groups is 2. The Bertz CT molecular complexity index is 1360. The summed E-state index contributed by atoms with van der Waals surface area (Å²) in [6.07, 6.45) is 0.